The first-order valence-corrected chi connectivity index (χ1v) is 5.90. The zero-order valence-electron chi connectivity index (χ0n) is 9.87. The molecule has 2 N–H and O–H groups in total. The molecule has 0 aromatic heterocycles. The lowest BCUT2D eigenvalue weighted by Gasteiger charge is -2.08. The fraction of sp³-hybridized carbons (Fsp3) is 0.333. The van der Waals surface area contributed by atoms with Gasteiger partial charge in [-0.25, -0.2) is 4.39 Å². The summed E-state index contributed by atoms with van der Waals surface area (Å²) in [6.07, 6.45) is 0. The van der Waals surface area contributed by atoms with E-state index in [0.29, 0.717) is 12.1 Å². The monoisotopic (exact) mass is 272 g/mol. The number of carbonyl (C=O) groups is 2. The minimum atomic E-state index is -0.599. The van der Waals surface area contributed by atoms with E-state index in [1.54, 1.807) is 6.92 Å². The molecule has 0 aliphatic rings. The van der Waals surface area contributed by atoms with Gasteiger partial charge in [-0.15, -0.1) is 11.6 Å². The maximum Gasteiger partial charge on any atom is 0.251 e. The summed E-state index contributed by atoms with van der Waals surface area (Å²) in [5.74, 6) is -0.995. The molecule has 4 nitrogen and oxygen atoms in total. The van der Waals surface area contributed by atoms with E-state index >= 15 is 0 Å². The largest absolute Gasteiger partial charge is 0.353 e. The van der Waals surface area contributed by atoms with Gasteiger partial charge in [0.1, 0.15) is 11.2 Å². The van der Waals surface area contributed by atoms with Gasteiger partial charge in [0.05, 0.1) is 0 Å². The van der Waals surface area contributed by atoms with Gasteiger partial charge in [0.25, 0.3) is 5.91 Å². The van der Waals surface area contributed by atoms with Crippen LogP contribution in [0.15, 0.2) is 24.3 Å². The van der Waals surface area contributed by atoms with Crippen LogP contribution in [0.5, 0.6) is 0 Å². The molecule has 2 amide bonds. The smallest absolute Gasteiger partial charge is 0.251 e. The van der Waals surface area contributed by atoms with Crippen molar-refractivity contribution in [1.29, 1.82) is 0 Å². The molecule has 0 radical (unpaired) electrons. The Labute approximate surface area is 110 Å². The van der Waals surface area contributed by atoms with E-state index in [-0.39, 0.29) is 18.4 Å². The Morgan fingerprint density at radius 2 is 1.78 bits per heavy atom. The number of rotatable bonds is 5. The maximum absolute atomic E-state index is 12.6. The van der Waals surface area contributed by atoms with Crippen LogP contribution in [-0.4, -0.2) is 30.3 Å². The molecule has 0 bridgehead atoms. The van der Waals surface area contributed by atoms with Gasteiger partial charge in [0.2, 0.25) is 5.91 Å². The number of amides is 2. The zero-order valence-corrected chi connectivity index (χ0v) is 10.6. The first-order chi connectivity index (χ1) is 8.50. The molecule has 0 heterocycles. The van der Waals surface area contributed by atoms with E-state index in [2.05, 4.69) is 10.6 Å². The Hall–Kier alpha value is -1.62. The van der Waals surface area contributed by atoms with Gasteiger partial charge < -0.3 is 10.6 Å². The molecular weight excluding hydrogens is 259 g/mol. The number of carbonyl (C=O) groups excluding carboxylic acids is 2. The normalized spacial score (nSPS) is 11.7. The number of hydrogen-bond donors (Lipinski definition) is 2. The van der Waals surface area contributed by atoms with Crippen molar-refractivity contribution in [1.82, 2.24) is 10.6 Å². The minimum Gasteiger partial charge on any atom is -0.353 e. The first kappa shape index (κ1) is 14.4. The molecule has 1 aromatic carbocycles. The number of alkyl halides is 1. The van der Waals surface area contributed by atoms with E-state index in [9.17, 15) is 14.0 Å². The molecule has 0 saturated carbocycles. The highest BCUT2D eigenvalue weighted by Crippen LogP contribution is 2.01. The van der Waals surface area contributed by atoms with Gasteiger partial charge in [-0.3, -0.25) is 9.59 Å². The maximum atomic E-state index is 12.6. The van der Waals surface area contributed by atoms with E-state index in [4.69, 9.17) is 11.6 Å². The summed E-state index contributed by atoms with van der Waals surface area (Å²) in [5, 5.41) is 4.55. The summed E-state index contributed by atoms with van der Waals surface area (Å²) in [4.78, 5) is 22.7. The quantitative estimate of drug-likeness (QED) is 0.627. The fourth-order valence-corrected chi connectivity index (χ4v) is 1.28. The third-order valence-corrected chi connectivity index (χ3v) is 2.38. The molecule has 6 heteroatoms. The zero-order chi connectivity index (χ0) is 13.5. The summed E-state index contributed by atoms with van der Waals surface area (Å²) in [5.41, 5.74) is 0.369. The third kappa shape index (κ3) is 4.71. The van der Waals surface area contributed by atoms with Gasteiger partial charge >= 0.3 is 0 Å². The molecule has 1 atom stereocenters. The summed E-state index contributed by atoms with van der Waals surface area (Å²) in [7, 11) is 0. The van der Waals surface area contributed by atoms with Crippen molar-refractivity contribution in [3.05, 3.63) is 35.6 Å². The van der Waals surface area contributed by atoms with E-state index in [0.717, 1.165) is 0 Å². The molecule has 0 aliphatic heterocycles. The Morgan fingerprint density at radius 1 is 1.22 bits per heavy atom. The molecule has 1 rings (SSSR count). The molecular formula is C12H14ClFN2O2. The van der Waals surface area contributed by atoms with Crippen molar-refractivity contribution in [2.24, 2.45) is 0 Å². The van der Waals surface area contributed by atoms with Crippen molar-refractivity contribution in [3.8, 4) is 0 Å². The Morgan fingerprint density at radius 3 is 2.33 bits per heavy atom. The summed E-state index contributed by atoms with van der Waals surface area (Å²) >= 11 is 5.55. The van der Waals surface area contributed by atoms with Crippen LogP contribution in [0.3, 0.4) is 0 Å². The third-order valence-electron chi connectivity index (χ3n) is 2.18. The SMILES string of the molecule is CC(Cl)C(=O)NCCNC(=O)c1ccc(F)cc1. The van der Waals surface area contributed by atoms with Crippen molar-refractivity contribution < 1.29 is 14.0 Å². The van der Waals surface area contributed by atoms with E-state index in [1.165, 1.54) is 24.3 Å². The number of hydrogen-bond acceptors (Lipinski definition) is 2. The predicted molar refractivity (Wildman–Crippen MR) is 67.1 cm³/mol. The summed E-state index contributed by atoms with van der Waals surface area (Å²) in [6, 6.07) is 5.21. The molecule has 0 spiro atoms. The van der Waals surface area contributed by atoms with E-state index in [1.807, 2.05) is 0 Å². The average Bonchev–Trinajstić information content (AvgIpc) is 2.34. The van der Waals surface area contributed by atoms with Crippen LogP contribution in [0.1, 0.15) is 17.3 Å². The van der Waals surface area contributed by atoms with Crippen LogP contribution in [0, 0.1) is 5.82 Å². The van der Waals surface area contributed by atoms with Gasteiger partial charge in [-0.05, 0) is 31.2 Å². The predicted octanol–water partition coefficient (Wildman–Crippen LogP) is 1.30. The van der Waals surface area contributed by atoms with Crippen LogP contribution in [0.25, 0.3) is 0 Å². The molecule has 98 valence electrons. The first-order valence-electron chi connectivity index (χ1n) is 5.46. The van der Waals surface area contributed by atoms with Gasteiger partial charge in [0, 0.05) is 18.7 Å². The van der Waals surface area contributed by atoms with Crippen LogP contribution in [-0.2, 0) is 4.79 Å². The second-order valence-corrected chi connectivity index (χ2v) is 4.32. The number of halogens is 2. The lowest BCUT2D eigenvalue weighted by atomic mass is 10.2. The summed E-state index contributed by atoms with van der Waals surface area (Å²) < 4.78 is 12.6. The second kappa shape index (κ2) is 6.96. The second-order valence-electron chi connectivity index (χ2n) is 3.67. The molecule has 0 fully saturated rings. The highest BCUT2D eigenvalue weighted by Gasteiger charge is 2.08. The topological polar surface area (TPSA) is 58.2 Å². The Kier molecular flexibility index (Phi) is 5.58. The standard InChI is InChI=1S/C12H14ClFN2O2/c1-8(13)11(17)15-6-7-16-12(18)9-2-4-10(14)5-3-9/h2-5,8H,6-7H2,1H3,(H,15,17)(H,16,18). The minimum absolute atomic E-state index is 0.283. The van der Waals surface area contributed by atoms with Crippen molar-refractivity contribution in [2.45, 2.75) is 12.3 Å². The molecule has 0 saturated heterocycles. The average molecular weight is 273 g/mol. The van der Waals surface area contributed by atoms with Crippen LogP contribution in [0.4, 0.5) is 4.39 Å². The Bertz CT molecular complexity index is 421. The number of benzene rings is 1. The van der Waals surface area contributed by atoms with Crippen molar-refractivity contribution in [3.63, 3.8) is 0 Å². The fourth-order valence-electron chi connectivity index (χ4n) is 1.21. The van der Waals surface area contributed by atoms with Crippen LogP contribution in [0.2, 0.25) is 0 Å². The van der Waals surface area contributed by atoms with Crippen LogP contribution < -0.4 is 10.6 Å². The lowest BCUT2D eigenvalue weighted by molar-refractivity contribution is -0.120. The molecule has 18 heavy (non-hydrogen) atoms. The van der Waals surface area contributed by atoms with Crippen molar-refractivity contribution in [2.75, 3.05) is 13.1 Å². The highest BCUT2D eigenvalue weighted by molar-refractivity contribution is 6.30. The van der Waals surface area contributed by atoms with Gasteiger partial charge in [0.15, 0.2) is 0 Å². The molecule has 0 aliphatic carbocycles. The molecule has 1 aromatic rings. The Balaban J connectivity index is 2.29. The van der Waals surface area contributed by atoms with Crippen molar-refractivity contribution >= 4 is 23.4 Å². The lowest BCUT2D eigenvalue weighted by Crippen LogP contribution is -2.37. The van der Waals surface area contributed by atoms with Crippen LogP contribution >= 0.6 is 11.6 Å². The highest BCUT2D eigenvalue weighted by atomic mass is 35.5. The van der Waals surface area contributed by atoms with Gasteiger partial charge in [-0.1, -0.05) is 0 Å². The van der Waals surface area contributed by atoms with E-state index < -0.39 is 11.2 Å². The molecule has 1 unspecified atom stereocenters. The van der Waals surface area contributed by atoms with Gasteiger partial charge in [-0.2, -0.15) is 0 Å². The summed E-state index contributed by atoms with van der Waals surface area (Å²) in [6.45, 7) is 2.14. The number of nitrogens with one attached hydrogen (secondary N) is 2.